The number of likely N-dealkylation sites (tertiary alicyclic amines) is 1. The molecule has 0 bridgehead atoms. The van der Waals surface area contributed by atoms with E-state index in [1.165, 1.54) is 0 Å². The Kier molecular flexibility index (Phi) is 6.02. The number of carboxylic acid groups (broad SMARTS) is 1. The highest BCUT2D eigenvalue weighted by Gasteiger charge is 2.37. The second-order valence-corrected chi connectivity index (χ2v) is 6.71. The van der Waals surface area contributed by atoms with E-state index in [0.29, 0.717) is 32.2 Å². The SMILES string of the molecule is CCCOC1CCCN(CC2(O)CCC(C(=O)O)CC2)C1. The third-order valence-corrected chi connectivity index (χ3v) is 4.80. The van der Waals surface area contributed by atoms with E-state index >= 15 is 0 Å². The third kappa shape index (κ3) is 4.94. The van der Waals surface area contributed by atoms with Crippen LogP contribution >= 0.6 is 0 Å². The number of carboxylic acids is 1. The van der Waals surface area contributed by atoms with Crippen molar-refractivity contribution in [2.24, 2.45) is 5.92 Å². The van der Waals surface area contributed by atoms with Gasteiger partial charge in [-0.15, -0.1) is 0 Å². The highest BCUT2D eigenvalue weighted by molar-refractivity contribution is 5.70. The zero-order chi connectivity index (χ0) is 15.3. The molecule has 2 rings (SSSR count). The van der Waals surface area contributed by atoms with Gasteiger partial charge in [-0.1, -0.05) is 6.92 Å². The van der Waals surface area contributed by atoms with Crippen LogP contribution in [0.25, 0.3) is 0 Å². The van der Waals surface area contributed by atoms with Crippen molar-refractivity contribution in [1.29, 1.82) is 0 Å². The number of carbonyl (C=O) groups is 1. The molecule has 0 aromatic carbocycles. The average Bonchev–Trinajstić information content (AvgIpc) is 2.45. The second-order valence-electron chi connectivity index (χ2n) is 6.71. The number of ether oxygens (including phenoxy) is 1. The van der Waals surface area contributed by atoms with Gasteiger partial charge in [0, 0.05) is 19.7 Å². The maximum Gasteiger partial charge on any atom is 0.306 e. The van der Waals surface area contributed by atoms with Crippen LogP contribution < -0.4 is 0 Å². The van der Waals surface area contributed by atoms with Gasteiger partial charge in [-0.05, 0) is 51.5 Å². The predicted molar refractivity (Wildman–Crippen MR) is 80.2 cm³/mol. The molecule has 1 heterocycles. The zero-order valence-electron chi connectivity index (χ0n) is 13.1. The fourth-order valence-corrected chi connectivity index (χ4v) is 3.55. The van der Waals surface area contributed by atoms with Crippen molar-refractivity contribution in [3.8, 4) is 0 Å². The van der Waals surface area contributed by atoms with Crippen LogP contribution in [-0.4, -0.2) is 59.0 Å². The van der Waals surface area contributed by atoms with E-state index in [-0.39, 0.29) is 12.0 Å². The van der Waals surface area contributed by atoms with Gasteiger partial charge in [-0.3, -0.25) is 9.69 Å². The van der Waals surface area contributed by atoms with Crippen molar-refractivity contribution < 1.29 is 19.7 Å². The molecule has 0 aromatic rings. The average molecular weight is 299 g/mol. The quantitative estimate of drug-likeness (QED) is 0.783. The van der Waals surface area contributed by atoms with Gasteiger partial charge in [-0.25, -0.2) is 0 Å². The minimum atomic E-state index is -0.719. The maximum absolute atomic E-state index is 11.0. The third-order valence-electron chi connectivity index (χ3n) is 4.80. The number of β-amino-alcohol motifs (C(OH)–C–C–N with tert-alkyl or cyclic N) is 1. The molecule has 2 N–H and O–H groups in total. The summed E-state index contributed by atoms with van der Waals surface area (Å²) < 4.78 is 5.83. The van der Waals surface area contributed by atoms with Crippen molar-refractivity contribution in [2.75, 3.05) is 26.2 Å². The summed E-state index contributed by atoms with van der Waals surface area (Å²) >= 11 is 0. The maximum atomic E-state index is 11.0. The fraction of sp³-hybridized carbons (Fsp3) is 0.938. The summed E-state index contributed by atoms with van der Waals surface area (Å²) in [7, 11) is 0. The summed E-state index contributed by atoms with van der Waals surface area (Å²) in [5, 5.41) is 19.7. The number of aliphatic hydroxyl groups is 1. The normalized spacial score (nSPS) is 34.8. The first-order valence-electron chi connectivity index (χ1n) is 8.31. The van der Waals surface area contributed by atoms with Crippen molar-refractivity contribution in [1.82, 2.24) is 4.90 Å². The molecule has 0 amide bonds. The second kappa shape index (κ2) is 7.56. The van der Waals surface area contributed by atoms with Crippen molar-refractivity contribution in [3.05, 3.63) is 0 Å². The number of nitrogens with zero attached hydrogens (tertiary/aromatic N) is 1. The van der Waals surface area contributed by atoms with Crippen LogP contribution in [0.3, 0.4) is 0 Å². The minimum Gasteiger partial charge on any atom is -0.481 e. The highest BCUT2D eigenvalue weighted by atomic mass is 16.5. The van der Waals surface area contributed by atoms with Crippen LogP contribution in [0, 0.1) is 5.92 Å². The van der Waals surface area contributed by atoms with Gasteiger partial charge in [0.25, 0.3) is 0 Å². The first-order chi connectivity index (χ1) is 10.0. The van der Waals surface area contributed by atoms with E-state index in [1.54, 1.807) is 0 Å². The Labute approximate surface area is 127 Å². The molecule has 2 fully saturated rings. The lowest BCUT2D eigenvalue weighted by Crippen LogP contribution is -2.50. The summed E-state index contributed by atoms with van der Waals surface area (Å²) in [5.41, 5.74) is -0.710. The number of piperidine rings is 1. The Balaban J connectivity index is 1.79. The zero-order valence-corrected chi connectivity index (χ0v) is 13.1. The van der Waals surface area contributed by atoms with Crippen LogP contribution in [0.5, 0.6) is 0 Å². The lowest BCUT2D eigenvalue weighted by Gasteiger charge is -2.41. The molecule has 5 nitrogen and oxygen atoms in total. The van der Waals surface area contributed by atoms with Crippen molar-refractivity contribution in [2.45, 2.75) is 63.6 Å². The minimum absolute atomic E-state index is 0.271. The van der Waals surface area contributed by atoms with E-state index in [2.05, 4.69) is 11.8 Å². The number of hydrogen-bond acceptors (Lipinski definition) is 4. The monoisotopic (exact) mass is 299 g/mol. The van der Waals surface area contributed by atoms with Crippen molar-refractivity contribution >= 4 is 5.97 Å². The van der Waals surface area contributed by atoms with Crippen LogP contribution in [0.2, 0.25) is 0 Å². The summed E-state index contributed by atoms with van der Waals surface area (Å²) in [6, 6.07) is 0. The Hall–Kier alpha value is -0.650. The molecule has 122 valence electrons. The van der Waals surface area contributed by atoms with E-state index < -0.39 is 11.6 Å². The Morgan fingerprint density at radius 1 is 1.33 bits per heavy atom. The standard InChI is InChI=1S/C16H29NO4/c1-2-10-21-14-4-3-9-17(11-14)12-16(20)7-5-13(6-8-16)15(18)19/h13-14,20H,2-12H2,1H3,(H,18,19). The molecule has 1 saturated heterocycles. The number of aliphatic carboxylic acids is 1. The molecule has 0 spiro atoms. The smallest absolute Gasteiger partial charge is 0.306 e. The summed E-state index contributed by atoms with van der Waals surface area (Å²) in [4.78, 5) is 13.3. The largest absolute Gasteiger partial charge is 0.481 e. The predicted octanol–water partition coefficient (Wildman–Crippen LogP) is 1.88. The molecule has 1 atom stereocenters. The Morgan fingerprint density at radius 2 is 2.05 bits per heavy atom. The Morgan fingerprint density at radius 3 is 2.67 bits per heavy atom. The molecule has 2 aliphatic rings. The molecule has 1 aliphatic carbocycles. The van der Waals surface area contributed by atoms with Crippen LogP contribution in [0.4, 0.5) is 0 Å². The van der Waals surface area contributed by atoms with Crippen LogP contribution in [0.15, 0.2) is 0 Å². The molecule has 1 saturated carbocycles. The molecule has 1 aliphatic heterocycles. The van der Waals surface area contributed by atoms with Gasteiger partial charge in [-0.2, -0.15) is 0 Å². The summed E-state index contributed by atoms with van der Waals surface area (Å²) in [6.45, 7) is 5.49. The van der Waals surface area contributed by atoms with Crippen LogP contribution in [-0.2, 0) is 9.53 Å². The molecular formula is C16H29NO4. The molecule has 0 aromatic heterocycles. The summed E-state index contributed by atoms with van der Waals surface area (Å²) in [5.74, 6) is -0.990. The van der Waals surface area contributed by atoms with Gasteiger partial charge in [0.1, 0.15) is 0 Å². The first-order valence-corrected chi connectivity index (χ1v) is 8.31. The van der Waals surface area contributed by atoms with Crippen LogP contribution in [0.1, 0.15) is 51.9 Å². The number of rotatable bonds is 6. The lowest BCUT2D eigenvalue weighted by molar-refractivity contribution is -0.145. The van der Waals surface area contributed by atoms with Gasteiger partial charge in [0.15, 0.2) is 0 Å². The first kappa shape index (κ1) is 16.7. The fourth-order valence-electron chi connectivity index (χ4n) is 3.55. The van der Waals surface area contributed by atoms with Crippen molar-refractivity contribution in [3.63, 3.8) is 0 Å². The molecular weight excluding hydrogens is 270 g/mol. The topological polar surface area (TPSA) is 70.0 Å². The highest BCUT2D eigenvalue weighted by Crippen LogP contribution is 2.33. The van der Waals surface area contributed by atoms with E-state index in [4.69, 9.17) is 9.84 Å². The van der Waals surface area contributed by atoms with Gasteiger partial charge in [0.05, 0.1) is 17.6 Å². The van der Waals surface area contributed by atoms with E-state index in [1.807, 2.05) is 0 Å². The van der Waals surface area contributed by atoms with E-state index in [0.717, 1.165) is 39.0 Å². The lowest BCUT2D eigenvalue weighted by atomic mass is 9.78. The van der Waals surface area contributed by atoms with Gasteiger partial charge >= 0.3 is 5.97 Å². The van der Waals surface area contributed by atoms with Gasteiger partial charge < -0.3 is 14.9 Å². The van der Waals surface area contributed by atoms with Gasteiger partial charge in [0.2, 0.25) is 0 Å². The molecule has 5 heteroatoms. The summed E-state index contributed by atoms with van der Waals surface area (Å²) in [6.07, 6.45) is 5.93. The molecule has 0 radical (unpaired) electrons. The molecule has 21 heavy (non-hydrogen) atoms. The number of hydrogen-bond donors (Lipinski definition) is 2. The molecule has 1 unspecified atom stereocenters. The Bertz CT molecular complexity index is 339. The van der Waals surface area contributed by atoms with E-state index in [9.17, 15) is 9.90 Å².